The van der Waals surface area contributed by atoms with E-state index in [0.29, 0.717) is 11.5 Å². The molecule has 0 atom stereocenters. The highest BCUT2D eigenvalue weighted by atomic mass is 32.1. The van der Waals surface area contributed by atoms with Crippen LogP contribution >= 0.6 is 11.3 Å². The Bertz CT molecular complexity index is 535. The van der Waals surface area contributed by atoms with E-state index in [1.54, 1.807) is 23.8 Å². The highest BCUT2D eigenvalue weighted by Crippen LogP contribution is 2.20. The number of hydrogen-bond acceptors (Lipinski definition) is 5. The zero-order valence-corrected chi connectivity index (χ0v) is 11.8. The van der Waals surface area contributed by atoms with Gasteiger partial charge in [-0.1, -0.05) is 0 Å². The Morgan fingerprint density at radius 1 is 1.33 bits per heavy atom. The molecule has 0 radical (unpaired) electrons. The third kappa shape index (κ3) is 2.86. The Balaban J connectivity index is 2.19. The standard InChI is InChI=1S/C13H17N3OS/c1-9-5-6-11(18-9)12-14-7-10(15-12)8-16(17)13(2,3)4/h5-8,17H,1-4H3. The third-order valence-corrected chi connectivity index (χ3v) is 3.45. The molecule has 4 nitrogen and oxygen atoms in total. The molecule has 0 unspecified atom stereocenters. The average Bonchev–Trinajstić information content (AvgIpc) is 2.85. The minimum absolute atomic E-state index is 0.349. The largest absolute Gasteiger partial charge is 0.288 e. The molecule has 0 saturated heterocycles. The Kier molecular flexibility index (Phi) is 3.36. The molecule has 1 aromatic rings. The van der Waals surface area contributed by atoms with E-state index in [1.165, 1.54) is 4.88 Å². The summed E-state index contributed by atoms with van der Waals surface area (Å²) in [5.41, 5.74) is 0.312. The van der Waals surface area contributed by atoms with Gasteiger partial charge in [0.2, 0.25) is 0 Å². The monoisotopic (exact) mass is 263 g/mol. The molecule has 5 heteroatoms. The van der Waals surface area contributed by atoms with Crippen LogP contribution in [-0.2, 0) is 0 Å². The summed E-state index contributed by atoms with van der Waals surface area (Å²) in [6.45, 7) is 7.81. The van der Waals surface area contributed by atoms with Crippen molar-refractivity contribution in [2.75, 3.05) is 0 Å². The van der Waals surface area contributed by atoms with Crippen molar-refractivity contribution in [1.82, 2.24) is 5.06 Å². The van der Waals surface area contributed by atoms with E-state index in [2.05, 4.69) is 16.9 Å². The molecule has 1 aliphatic rings. The van der Waals surface area contributed by atoms with Crippen molar-refractivity contribution in [2.45, 2.75) is 33.2 Å². The van der Waals surface area contributed by atoms with Gasteiger partial charge in [0.15, 0.2) is 5.84 Å². The highest BCUT2D eigenvalue weighted by Gasteiger charge is 2.18. The lowest BCUT2D eigenvalue weighted by atomic mass is 10.1. The second-order valence-corrected chi connectivity index (χ2v) is 6.46. The molecule has 0 amide bonds. The summed E-state index contributed by atoms with van der Waals surface area (Å²) in [5, 5.41) is 11.0. The predicted molar refractivity (Wildman–Crippen MR) is 75.5 cm³/mol. The molecule has 0 spiro atoms. The van der Waals surface area contributed by atoms with Crippen molar-refractivity contribution in [3.05, 3.63) is 33.8 Å². The molecule has 96 valence electrons. The first-order valence-electron chi connectivity index (χ1n) is 5.76. The summed E-state index contributed by atoms with van der Waals surface area (Å²) in [4.78, 5) is 10.9. The number of amidine groups is 1. The normalized spacial score (nSPS) is 17.4. The van der Waals surface area contributed by atoms with Gasteiger partial charge in [0, 0.05) is 4.88 Å². The van der Waals surface area contributed by atoms with Crippen molar-refractivity contribution in [3.63, 3.8) is 0 Å². The quantitative estimate of drug-likeness (QED) is 0.833. The van der Waals surface area contributed by atoms with Crippen molar-refractivity contribution in [1.29, 1.82) is 0 Å². The minimum Gasteiger partial charge on any atom is -0.288 e. The van der Waals surface area contributed by atoms with Gasteiger partial charge in [0.25, 0.3) is 0 Å². The first-order chi connectivity index (χ1) is 8.36. The summed E-state index contributed by atoms with van der Waals surface area (Å²) in [6, 6.07) is 4.06. The molecule has 2 rings (SSSR count). The number of rotatable bonds is 2. The molecular weight excluding hydrogens is 246 g/mol. The zero-order valence-electron chi connectivity index (χ0n) is 11.0. The Hall–Kier alpha value is -1.46. The van der Waals surface area contributed by atoms with E-state index in [1.807, 2.05) is 32.9 Å². The Labute approximate surface area is 111 Å². The number of allylic oxidation sites excluding steroid dienone is 1. The lowest BCUT2D eigenvalue weighted by Gasteiger charge is -2.27. The lowest BCUT2D eigenvalue weighted by Crippen LogP contribution is -2.34. The van der Waals surface area contributed by atoms with Crippen molar-refractivity contribution in [3.8, 4) is 0 Å². The molecule has 0 aliphatic carbocycles. The zero-order chi connectivity index (χ0) is 13.3. The van der Waals surface area contributed by atoms with E-state index >= 15 is 0 Å². The smallest absolute Gasteiger partial charge is 0.170 e. The van der Waals surface area contributed by atoms with E-state index in [9.17, 15) is 5.21 Å². The van der Waals surface area contributed by atoms with E-state index in [4.69, 9.17) is 0 Å². The lowest BCUT2D eigenvalue weighted by molar-refractivity contribution is -0.110. The molecule has 2 heterocycles. The minimum atomic E-state index is -0.349. The Morgan fingerprint density at radius 3 is 2.61 bits per heavy atom. The molecule has 1 N–H and O–H groups in total. The first kappa shape index (κ1) is 13.0. The first-order valence-corrected chi connectivity index (χ1v) is 6.57. The maximum Gasteiger partial charge on any atom is 0.170 e. The second-order valence-electron chi connectivity index (χ2n) is 5.17. The van der Waals surface area contributed by atoms with E-state index in [0.717, 1.165) is 9.94 Å². The van der Waals surface area contributed by atoms with Crippen LogP contribution in [0.25, 0.3) is 0 Å². The van der Waals surface area contributed by atoms with E-state index in [-0.39, 0.29) is 5.54 Å². The van der Waals surface area contributed by atoms with Crippen molar-refractivity contribution >= 4 is 23.4 Å². The maximum absolute atomic E-state index is 9.84. The van der Waals surface area contributed by atoms with Gasteiger partial charge in [-0.2, -0.15) is 0 Å². The molecular formula is C13H17N3OS. The van der Waals surface area contributed by atoms with Crippen LogP contribution in [0.4, 0.5) is 0 Å². The summed E-state index contributed by atoms with van der Waals surface area (Å²) >= 11 is 1.66. The molecule has 1 aliphatic heterocycles. The van der Waals surface area contributed by atoms with Crippen LogP contribution in [0, 0.1) is 6.92 Å². The van der Waals surface area contributed by atoms with Gasteiger partial charge in [-0.25, -0.2) is 9.98 Å². The maximum atomic E-state index is 9.84. The van der Waals surface area contributed by atoms with Gasteiger partial charge in [-0.3, -0.25) is 10.3 Å². The van der Waals surface area contributed by atoms with Gasteiger partial charge in [0.1, 0.15) is 5.70 Å². The fourth-order valence-electron chi connectivity index (χ4n) is 1.36. The molecule has 18 heavy (non-hydrogen) atoms. The van der Waals surface area contributed by atoms with Crippen molar-refractivity contribution < 1.29 is 5.21 Å². The second kappa shape index (κ2) is 4.66. The van der Waals surface area contributed by atoms with Crippen LogP contribution in [0.1, 0.15) is 30.5 Å². The topological polar surface area (TPSA) is 48.2 Å². The Morgan fingerprint density at radius 2 is 2.06 bits per heavy atom. The molecule has 1 aromatic heterocycles. The van der Waals surface area contributed by atoms with Crippen LogP contribution in [-0.4, -0.2) is 27.9 Å². The van der Waals surface area contributed by atoms with Crippen molar-refractivity contribution in [2.24, 2.45) is 9.98 Å². The van der Waals surface area contributed by atoms with E-state index < -0.39 is 0 Å². The number of hydroxylamine groups is 2. The summed E-state index contributed by atoms with van der Waals surface area (Å²) in [5.74, 6) is 0.710. The molecule has 0 aromatic carbocycles. The van der Waals surface area contributed by atoms with Crippen LogP contribution < -0.4 is 0 Å². The predicted octanol–water partition coefficient (Wildman–Crippen LogP) is 3.22. The van der Waals surface area contributed by atoms with Crippen LogP contribution in [0.5, 0.6) is 0 Å². The van der Waals surface area contributed by atoms with Gasteiger partial charge < -0.3 is 0 Å². The van der Waals surface area contributed by atoms with Crippen LogP contribution in [0.2, 0.25) is 0 Å². The highest BCUT2D eigenvalue weighted by molar-refractivity contribution is 7.14. The number of thiophene rings is 1. The number of aliphatic imine (C=N–C) groups is 2. The number of nitrogens with zero attached hydrogens (tertiary/aromatic N) is 3. The van der Waals surface area contributed by atoms with Gasteiger partial charge >= 0.3 is 0 Å². The van der Waals surface area contributed by atoms with Crippen LogP contribution in [0.3, 0.4) is 0 Å². The van der Waals surface area contributed by atoms with Gasteiger partial charge in [0.05, 0.1) is 22.8 Å². The van der Waals surface area contributed by atoms with Gasteiger partial charge in [-0.15, -0.1) is 11.3 Å². The molecule has 0 fully saturated rings. The number of hydrogen-bond donors (Lipinski definition) is 1. The number of aryl methyl sites for hydroxylation is 1. The molecule has 0 bridgehead atoms. The average molecular weight is 263 g/mol. The fraction of sp³-hybridized carbons (Fsp3) is 0.385. The third-order valence-electron chi connectivity index (χ3n) is 2.46. The SMILES string of the molecule is Cc1ccc(C2=NC(=CN(O)C(C)(C)C)C=N2)s1. The van der Waals surface area contributed by atoms with Gasteiger partial charge in [-0.05, 0) is 39.8 Å². The van der Waals surface area contributed by atoms with Crippen LogP contribution in [0.15, 0.2) is 34.0 Å². The summed E-state index contributed by atoms with van der Waals surface area (Å²) < 4.78 is 0. The summed E-state index contributed by atoms with van der Waals surface area (Å²) in [6.07, 6.45) is 3.26. The fourth-order valence-corrected chi connectivity index (χ4v) is 2.17. The summed E-state index contributed by atoms with van der Waals surface area (Å²) in [7, 11) is 0. The molecule has 0 saturated carbocycles.